The minimum atomic E-state index is -4.40. The molecule has 5 nitrogen and oxygen atoms in total. The molecule has 0 amide bonds. The zero-order valence-corrected chi connectivity index (χ0v) is 18.5. The van der Waals surface area contributed by atoms with E-state index in [0.29, 0.717) is 5.75 Å². The monoisotopic (exact) mass is 380 g/mol. The molecule has 0 fully saturated rings. The predicted octanol–water partition coefficient (Wildman–Crippen LogP) is 0.880. The van der Waals surface area contributed by atoms with E-state index in [1.54, 1.807) is 0 Å². The summed E-state index contributed by atoms with van der Waals surface area (Å²) in [5.41, 5.74) is -0.0547. The average Bonchev–Trinajstić information content (AvgIpc) is 2.55. The van der Waals surface area contributed by atoms with Crippen molar-refractivity contribution in [3.63, 3.8) is 0 Å². The van der Waals surface area contributed by atoms with E-state index < -0.39 is 15.6 Å². The van der Waals surface area contributed by atoms with Gasteiger partial charge < -0.3 is 14.0 Å². The summed E-state index contributed by atoms with van der Waals surface area (Å²) in [7, 11) is -4.40. The van der Waals surface area contributed by atoms with Gasteiger partial charge in [0.15, 0.2) is 0 Å². The van der Waals surface area contributed by atoms with Gasteiger partial charge in [-0.05, 0) is 37.5 Å². The molecule has 138 valence electrons. The molecule has 0 aliphatic carbocycles. The maximum absolute atomic E-state index is 10.7. The van der Waals surface area contributed by atoms with Gasteiger partial charge in [-0.3, -0.25) is 0 Å². The maximum Gasteiger partial charge on any atom is 1.00 e. The summed E-state index contributed by atoms with van der Waals surface area (Å²) < 4.78 is 42.4. The van der Waals surface area contributed by atoms with Crippen molar-refractivity contribution in [3.05, 3.63) is 29.8 Å². The van der Waals surface area contributed by atoms with E-state index in [4.69, 9.17) is 9.47 Å². The molecule has 0 N–H and O–H groups in total. The van der Waals surface area contributed by atoms with Crippen LogP contribution in [0.25, 0.3) is 0 Å². The van der Waals surface area contributed by atoms with Crippen molar-refractivity contribution < 1.29 is 52.0 Å². The van der Waals surface area contributed by atoms with E-state index in [9.17, 15) is 13.0 Å². The molecule has 0 heterocycles. The molecule has 1 unspecified atom stereocenters. The van der Waals surface area contributed by atoms with Crippen LogP contribution >= 0.6 is 0 Å². The molecular weight excluding hydrogens is 351 g/mol. The van der Waals surface area contributed by atoms with E-state index in [1.807, 2.05) is 24.3 Å². The van der Waals surface area contributed by atoms with Gasteiger partial charge in [-0.1, -0.05) is 51.2 Å². The van der Waals surface area contributed by atoms with Gasteiger partial charge in [0.2, 0.25) is 0 Å². The van der Waals surface area contributed by atoms with Crippen LogP contribution in [0.5, 0.6) is 5.75 Å². The Hall–Kier alpha value is -0.110. The largest absolute Gasteiger partial charge is 1.00 e. The number of unbranched alkanes of at least 4 members (excludes halogenated alkanes) is 5. The number of hydrogen-bond acceptors (Lipinski definition) is 5. The van der Waals surface area contributed by atoms with Crippen LogP contribution in [0.4, 0.5) is 0 Å². The molecule has 0 aliphatic rings. The third-order valence-electron chi connectivity index (χ3n) is 3.85. The fourth-order valence-electron chi connectivity index (χ4n) is 2.32. The van der Waals surface area contributed by atoms with E-state index in [0.717, 1.165) is 6.42 Å². The number of benzene rings is 1. The Balaban J connectivity index is 0.00000576. The molecule has 0 aliphatic heterocycles. The van der Waals surface area contributed by atoms with Crippen molar-refractivity contribution in [2.24, 2.45) is 0 Å². The second kappa shape index (κ2) is 14.0. The number of aryl methyl sites for hydroxylation is 1. The van der Waals surface area contributed by atoms with Gasteiger partial charge in [0.1, 0.15) is 27.9 Å². The summed E-state index contributed by atoms with van der Waals surface area (Å²) in [6.45, 7) is 3.71. The number of hydrogen-bond donors (Lipinski definition) is 0. The van der Waals surface area contributed by atoms with Gasteiger partial charge in [0.05, 0.1) is 6.61 Å². The fraction of sp³-hybridized carbons (Fsp3) is 0.667. The van der Waals surface area contributed by atoms with Gasteiger partial charge in [0, 0.05) is 0 Å². The first-order valence-electron chi connectivity index (χ1n) is 8.71. The molecule has 0 saturated heterocycles. The summed E-state index contributed by atoms with van der Waals surface area (Å²) in [5.74, 6) is 0.711. The Morgan fingerprint density at radius 2 is 1.60 bits per heavy atom. The number of ether oxygens (including phenoxy) is 2. The second-order valence-corrected chi connectivity index (χ2v) is 7.59. The van der Waals surface area contributed by atoms with Gasteiger partial charge in [-0.2, -0.15) is 0 Å². The fourth-order valence-corrected chi connectivity index (χ4v) is 2.58. The Morgan fingerprint density at radius 3 is 2.20 bits per heavy atom. The minimum absolute atomic E-state index is 0. The van der Waals surface area contributed by atoms with Crippen LogP contribution in [0.15, 0.2) is 24.3 Å². The molecule has 1 aromatic carbocycles. The van der Waals surface area contributed by atoms with Gasteiger partial charge in [-0.25, -0.2) is 8.42 Å². The smallest absolute Gasteiger partial charge is 0.746 e. The van der Waals surface area contributed by atoms with Crippen molar-refractivity contribution in [1.29, 1.82) is 0 Å². The summed E-state index contributed by atoms with van der Waals surface area (Å²) >= 11 is 0. The van der Waals surface area contributed by atoms with Crippen LogP contribution in [0.3, 0.4) is 0 Å². The maximum atomic E-state index is 10.7. The normalized spacial score (nSPS) is 12.4. The SMILES string of the molecule is CCCCCCCCc1ccc(OCCOC(C)S(=O)(=O)[O-])cc1.[Na+]. The van der Waals surface area contributed by atoms with Crippen LogP contribution in [0, 0.1) is 0 Å². The van der Waals surface area contributed by atoms with Crippen LogP contribution < -0.4 is 34.3 Å². The molecule has 1 rings (SSSR count). The first kappa shape index (κ1) is 24.9. The zero-order valence-electron chi connectivity index (χ0n) is 15.7. The van der Waals surface area contributed by atoms with Crippen LogP contribution in [-0.4, -0.2) is 31.6 Å². The molecule has 0 bridgehead atoms. The quantitative estimate of drug-likeness (QED) is 0.288. The summed E-state index contributed by atoms with van der Waals surface area (Å²) in [4.78, 5) is 0. The van der Waals surface area contributed by atoms with Crippen LogP contribution in [0.1, 0.15) is 57.9 Å². The van der Waals surface area contributed by atoms with Crippen LogP contribution in [-0.2, 0) is 21.3 Å². The van der Waals surface area contributed by atoms with Gasteiger partial charge >= 0.3 is 29.6 Å². The third kappa shape index (κ3) is 12.0. The molecule has 25 heavy (non-hydrogen) atoms. The minimum Gasteiger partial charge on any atom is -0.746 e. The van der Waals surface area contributed by atoms with E-state index >= 15 is 0 Å². The van der Waals surface area contributed by atoms with Crippen molar-refractivity contribution in [1.82, 2.24) is 0 Å². The Bertz CT molecular complexity index is 545. The Labute approximate surface area is 174 Å². The van der Waals surface area contributed by atoms with Crippen molar-refractivity contribution in [2.45, 2.75) is 64.2 Å². The summed E-state index contributed by atoms with van der Waals surface area (Å²) in [6.07, 6.45) is 8.81. The van der Waals surface area contributed by atoms with Crippen LogP contribution in [0.2, 0.25) is 0 Å². The van der Waals surface area contributed by atoms with Crippen molar-refractivity contribution in [3.8, 4) is 5.75 Å². The standard InChI is InChI=1S/C18H30O5S.Na/c1-3-4-5-6-7-8-9-17-10-12-18(13-11-17)23-15-14-22-16(2)24(19,20)21;/h10-13,16H,3-9,14-15H2,1-2H3,(H,19,20,21);/q;+1/p-1. The molecule has 0 radical (unpaired) electrons. The number of rotatable bonds is 13. The summed E-state index contributed by atoms with van der Waals surface area (Å²) in [5, 5.41) is 0. The third-order valence-corrected chi connectivity index (χ3v) is 4.80. The average molecular weight is 380 g/mol. The first-order valence-corrected chi connectivity index (χ1v) is 10.2. The topological polar surface area (TPSA) is 75.7 Å². The predicted molar refractivity (Wildman–Crippen MR) is 94.1 cm³/mol. The first-order chi connectivity index (χ1) is 11.4. The Kier molecular flexibility index (Phi) is 13.9. The van der Waals surface area contributed by atoms with E-state index in [-0.39, 0.29) is 42.8 Å². The van der Waals surface area contributed by atoms with Gasteiger partial charge in [0.25, 0.3) is 0 Å². The second-order valence-electron chi connectivity index (χ2n) is 5.94. The van der Waals surface area contributed by atoms with Crippen molar-refractivity contribution in [2.75, 3.05) is 13.2 Å². The van der Waals surface area contributed by atoms with Gasteiger partial charge in [-0.15, -0.1) is 0 Å². The molecule has 0 saturated carbocycles. The molecule has 7 heteroatoms. The van der Waals surface area contributed by atoms with E-state index in [2.05, 4.69) is 6.92 Å². The molecular formula is C18H29NaO5S. The van der Waals surface area contributed by atoms with Crippen molar-refractivity contribution >= 4 is 10.1 Å². The Morgan fingerprint density at radius 1 is 1.00 bits per heavy atom. The molecule has 1 aromatic rings. The zero-order chi connectivity index (χ0) is 17.8. The molecule has 1 atom stereocenters. The molecule has 0 spiro atoms. The summed E-state index contributed by atoms with van der Waals surface area (Å²) in [6, 6.07) is 7.90. The van der Waals surface area contributed by atoms with E-state index in [1.165, 1.54) is 51.0 Å². The molecule has 0 aromatic heterocycles.